The van der Waals surface area contributed by atoms with E-state index >= 15 is 0 Å². The topological polar surface area (TPSA) is 0 Å². The molecule has 0 aliphatic heterocycles. The molecule has 0 aliphatic rings. The van der Waals surface area contributed by atoms with Crippen LogP contribution in [0.2, 0.25) is 0 Å². The maximum atomic E-state index is 4.14. The van der Waals surface area contributed by atoms with Crippen molar-refractivity contribution in [3.63, 3.8) is 0 Å². The second-order valence-corrected chi connectivity index (χ2v) is 6.46. The van der Waals surface area contributed by atoms with Crippen molar-refractivity contribution in [2.75, 3.05) is 0 Å². The summed E-state index contributed by atoms with van der Waals surface area (Å²) in [5, 5.41) is 0. The molecule has 0 aromatic heterocycles. The normalized spacial score (nSPS) is 13.8. The van der Waals surface area contributed by atoms with E-state index in [0.717, 1.165) is 25.7 Å². The fourth-order valence-electron chi connectivity index (χ4n) is 2.63. The SMILES string of the molecule is C=C(/C=C\C(=C/C)C[C@H](C)Cc1ccc(C)cc1)CC/C=C\C. The monoisotopic (exact) mass is 308 g/mol. The van der Waals surface area contributed by atoms with Crippen molar-refractivity contribution in [3.8, 4) is 0 Å². The van der Waals surface area contributed by atoms with Gasteiger partial charge in [0, 0.05) is 0 Å². The Hall–Kier alpha value is -1.82. The van der Waals surface area contributed by atoms with Crippen LogP contribution in [0.4, 0.5) is 0 Å². The van der Waals surface area contributed by atoms with Crippen LogP contribution in [-0.2, 0) is 6.42 Å². The van der Waals surface area contributed by atoms with Crippen LogP contribution < -0.4 is 0 Å². The van der Waals surface area contributed by atoms with Gasteiger partial charge in [-0.3, -0.25) is 0 Å². The third-order valence-electron chi connectivity index (χ3n) is 4.06. The lowest BCUT2D eigenvalue weighted by atomic mass is 9.93. The molecule has 1 aromatic carbocycles. The number of benzene rings is 1. The fraction of sp³-hybridized carbons (Fsp3) is 0.391. The molecule has 0 aliphatic carbocycles. The van der Waals surface area contributed by atoms with Crippen LogP contribution in [0.25, 0.3) is 0 Å². The number of hydrogen-bond donors (Lipinski definition) is 0. The van der Waals surface area contributed by atoms with E-state index < -0.39 is 0 Å². The highest BCUT2D eigenvalue weighted by atomic mass is 14.1. The molecular weight excluding hydrogens is 276 g/mol. The smallest absolute Gasteiger partial charge is 0.0250 e. The van der Waals surface area contributed by atoms with Crippen molar-refractivity contribution in [1.82, 2.24) is 0 Å². The summed E-state index contributed by atoms with van der Waals surface area (Å²) in [4.78, 5) is 0. The molecule has 23 heavy (non-hydrogen) atoms. The van der Waals surface area contributed by atoms with Gasteiger partial charge < -0.3 is 0 Å². The first kappa shape index (κ1) is 19.2. The molecule has 0 amide bonds. The van der Waals surface area contributed by atoms with E-state index in [2.05, 4.69) is 88.9 Å². The van der Waals surface area contributed by atoms with Crippen LogP contribution in [0.15, 0.2) is 72.4 Å². The van der Waals surface area contributed by atoms with E-state index in [1.54, 1.807) is 0 Å². The van der Waals surface area contributed by atoms with Crippen LogP contribution in [-0.4, -0.2) is 0 Å². The van der Waals surface area contributed by atoms with Crippen LogP contribution in [0.5, 0.6) is 0 Å². The van der Waals surface area contributed by atoms with Gasteiger partial charge in [0.2, 0.25) is 0 Å². The van der Waals surface area contributed by atoms with E-state index in [0.29, 0.717) is 5.92 Å². The summed E-state index contributed by atoms with van der Waals surface area (Å²) in [7, 11) is 0. The maximum absolute atomic E-state index is 4.14. The summed E-state index contributed by atoms with van der Waals surface area (Å²) in [6.45, 7) is 12.8. The zero-order chi connectivity index (χ0) is 17.1. The van der Waals surface area contributed by atoms with Gasteiger partial charge in [0.25, 0.3) is 0 Å². The molecule has 1 aromatic rings. The molecule has 1 rings (SSSR count). The first-order valence-electron chi connectivity index (χ1n) is 8.73. The molecule has 0 spiro atoms. The summed E-state index contributed by atoms with van der Waals surface area (Å²) in [6.07, 6.45) is 15.3. The Morgan fingerprint density at radius 3 is 2.43 bits per heavy atom. The molecule has 0 radical (unpaired) electrons. The molecule has 0 N–H and O–H groups in total. The molecule has 0 heteroatoms. The summed E-state index contributed by atoms with van der Waals surface area (Å²) in [6, 6.07) is 8.90. The Balaban J connectivity index is 2.48. The molecule has 0 saturated carbocycles. The molecular formula is C23H32. The molecule has 0 fully saturated rings. The third-order valence-corrected chi connectivity index (χ3v) is 4.06. The van der Waals surface area contributed by atoms with Gasteiger partial charge >= 0.3 is 0 Å². The fourth-order valence-corrected chi connectivity index (χ4v) is 2.63. The predicted molar refractivity (Wildman–Crippen MR) is 105 cm³/mol. The van der Waals surface area contributed by atoms with Crippen molar-refractivity contribution in [2.45, 2.75) is 53.4 Å². The quantitative estimate of drug-likeness (QED) is 0.341. The highest BCUT2D eigenvalue weighted by Crippen LogP contribution is 2.19. The van der Waals surface area contributed by atoms with Gasteiger partial charge in [0.15, 0.2) is 0 Å². The lowest BCUT2D eigenvalue weighted by molar-refractivity contribution is 0.579. The summed E-state index contributed by atoms with van der Waals surface area (Å²) < 4.78 is 0. The summed E-state index contributed by atoms with van der Waals surface area (Å²) >= 11 is 0. The van der Waals surface area contributed by atoms with Gasteiger partial charge in [-0.05, 0) is 57.9 Å². The second-order valence-electron chi connectivity index (χ2n) is 6.46. The van der Waals surface area contributed by atoms with Gasteiger partial charge in [0.1, 0.15) is 0 Å². The number of hydrogen-bond acceptors (Lipinski definition) is 0. The predicted octanol–water partition coefficient (Wildman–Crippen LogP) is 6.98. The Bertz CT molecular complexity index is 552. The minimum atomic E-state index is 0.643. The first-order valence-corrected chi connectivity index (χ1v) is 8.73. The molecule has 0 unspecified atom stereocenters. The van der Waals surface area contributed by atoms with Crippen LogP contribution in [0, 0.1) is 12.8 Å². The molecule has 0 saturated heterocycles. The molecule has 0 bridgehead atoms. The van der Waals surface area contributed by atoms with Gasteiger partial charge in [-0.2, -0.15) is 0 Å². The third kappa shape index (κ3) is 8.40. The highest BCUT2D eigenvalue weighted by Gasteiger charge is 2.05. The Kier molecular flexibility index (Phi) is 9.05. The molecule has 1 atom stereocenters. The molecule has 124 valence electrons. The maximum Gasteiger partial charge on any atom is -0.0250 e. The van der Waals surface area contributed by atoms with Gasteiger partial charge in [-0.1, -0.05) is 84.9 Å². The van der Waals surface area contributed by atoms with Crippen molar-refractivity contribution >= 4 is 0 Å². The Morgan fingerprint density at radius 2 is 1.83 bits per heavy atom. The van der Waals surface area contributed by atoms with Crippen molar-refractivity contribution in [2.24, 2.45) is 5.92 Å². The van der Waals surface area contributed by atoms with Crippen LogP contribution in [0.3, 0.4) is 0 Å². The zero-order valence-electron chi connectivity index (χ0n) is 15.3. The number of allylic oxidation sites excluding steroid dienone is 7. The second kappa shape index (κ2) is 10.8. The van der Waals surface area contributed by atoms with Crippen molar-refractivity contribution < 1.29 is 0 Å². The Morgan fingerprint density at radius 1 is 1.13 bits per heavy atom. The minimum Gasteiger partial charge on any atom is -0.0958 e. The van der Waals surface area contributed by atoms with Crippen LogP contribution in [0.1, 0.15) is 51.2 Å². The van der Waals surface area contributed by atoms with Crippen molar-refractivity contribution in [3.05, 3.63) is 83.5 Å². The van der Waals surface area contributed by atoms with Gasteiger partial charge in [-0.25, -0.2) is 0 Å². The first-order chi connectivity index (χ1) is 11.0. The van der Waals surface area contributed by atoms with E-state index in [9.17, 15) is 0 Å². The standard InChI is InChI=1S/C23H32/c1-6-8-9-10-19(3)11-14-22(7-2)17-21(5)18-23-15-12-20(4)13-16-23/h6-8,11-16,21H,3,9-10,17-18H2,1-2,4-5H3/b8-6-,14-11-,22-7+/t21-/m0/s1. The van der Waals surface area contributed by atoms with Gasteiger partial charge in [-0.15, -0.1) is 0 Å². The van der Waals surface area contributed by atoms with E-state index in [1.165, 1.54) is 22.3 Å². The van der Waals surface area contributed by atoms with E-state index in [4.69, 9.17) is 0 Å². The number of aryl methyl sites for hydroxylation is 1. The molecule has 0 heterocycles. The summed E-state index contributed by atoms with van der Waals surface area (Å²) in [5.41, 5.74) is 5.36. The summed E-state index contributed by atoms with van der Waals surface area (Å²) in [5.74, 6) is 0.643. The Labute approximate surface area is 143 Å². The lowest BCUT2D eigenvalue weighted by Crippen LogP contribution is -2.01. The lowest BCUT2D eigenvalue weighted by Gasteiger charge is -2.12. The average Bonchev–Trinajstić information content (AvgIpc) is 2.54. The van der Waals surface area contributed by atoms with E-state index in [1.807, 2.05) is 0 Å². The van der Waals surface area contributed by atoms with Crippen molar-refractivity contribution in [1.29, 1.82) is 0 Å². The van der Waals surface area contributed by atoms with Gasteiger partial charge in [0.05, 0.1) is 0 Å². The average molecular weight is 309 g/mol. The largest absolute Gasteiger partial charge is 0.0958 e. The highest BCUT2D eigenvalue weighted by molar-refractivity contribution is 5.27. The van der Waals surface area contributed by atoms with E-state index in [-0.39, 0.29) is 0 Å². The zero-order valence-corrected chi connectivity index (χ0v) is 15.3. The van der Waals surface area contributed by atoms with Crippen LogP contribution >= 0.6 is 0 Å². The number of rotatable bonds is 9. The molecule has 0 nitrogen and oxygen atoms in total. The minimum absolute atomic E-state index is 0.643.